The van der Waals surface area contributed by atoms with Crippen LogP contribution in [0.1, 0.15) is 27.6 Å². The Bertz CT molecular complexity index is 1280. The van der Waals surface area contributed by atoms with Gasteiger partial charge in [0, 0.05) is 30.3 Å². The maximum Gasteiger partial charge on any atom is 0.316 e. The van der Waals surface area contributed by atoms with Gasteiger partial charge in [0.05, 0.1) is 9.85 Å². The second kappa shape index (κ2) is 9.85. The lowest BCUT2D eigenvalue weighted by atomic mass is 10.1. The van der Waals surface area contributed by atoms with Crippen LogP contribution in [-0.2, 0) is 11.3 Å². The molecule has 2 N–H and O–H groups in total. The van der Waals surface area contributed by atoms with Gasteiger partial charge in [-0.05, 0) is 20.8 Å². The van der Waals surface area contributed by atoms with E-state index < -0.39 is 21.7 Å². The summed E-state index contributed by atoms with van der Waals surface area (Å²) >= 11 is 0. The topological polar surface area (TPSA) is 201 Å². The number of amides is 2. The number of nitro benzene ring substituents is 1. The molecule has 2 amide bonds. The van der Waals surface area contributed by atoms with E-state index in [1.807, 2.05) is 0 Å². The highest BCUT2D eigenvalue weighted by molar-refractivity contribution is 5.90. The molecule has 0 spiro atoms. The molecule has 0 aliphatic rings. The number of nitrogens with one attached hydrogen (secondary N) is 2. The van der Waals surface area contributed by atoms with Crippen molar-refractivity contribution in [3.8, 4) is 11.4 Å². The molecule has 2 heterocycles. The van der Waals surface area contributed by atoms with E-state index in [0.29, 0.717) is 11.1 Å². The number of rotatable bonds is 9. The number of nitro groups is 2. The zero-order chi connectivity index (χ0) is 25.0. The molecule has 2 aromatic heterocycles. The Morgan fingerprint density at radius 3 is 2.44 bits per heavy atom. The lowest BCUT2D eigenvalue weighted by Gasteiger charge is -2.06. The summed E-state index contributed by atoms with van der Waals surface area (Å²) in [5.74, 6) is -1.46. The molecule has 178 valence electrons. The van der Waals surface area contributed by atoms with Crippen molar-refractivity contribution in [2.45, 2.75) is 27.3 Å². The first-order valence-corrected chi connectivity index (χ1v) is 9.91. The van der Waals surface area contributed by atoms with E-state index in [9.17, 15) is 29.8 Å². The Balaban J connectivity index is 1.52. The van der Waals surface area contributed by atoms with Gasteiger partial charge in [-0.3, -0.25) is 34.5 Å². The summed E-state index contributed by atoms with van der Waals surface area (Å²) in [6.07, 6.45) is 0. The summed E-state index contributed by atoms with van der Waals surface area (Å²) in [6.45, 7) is 4.41. The molecule has 0 saturated carbocycles. The lowest BCUT2D eigenvalue weighted by molar-refractivity contribution is -0.386. The zero-order valence-corrected chi connectivity index (χ0v) is 18.4. The molecule has 0 bridgehead atoms. The summed E-state index contributed by atoms with van der Waals surface area (Å²) in [5, 5.41) is 34.9. The van der Waals surface area contributed by atoms with Crippen LogP contribution < -0.4 is 10.6 Å². The number of hydrogen-bond donors (Lipinski definition) is 2. The molecule has 34 heavy (non-hydrogen) atoms. The molecule has 0 atom stereocenters. The second-order valence-electron chi connectivity index (χ2n) is 7.17. The van der Waals surface area contributed by atoms with E-state index >= 15 is 0 Å². The van der Waals surface area contributed by atoms with Crippen molar-refractivity contribution in [1.29, 1.82) is 0 Å². The van der Waals surface area contributed by atoms with E-state index in [4.69, 9.17) is 4.52 Å². The number of aromatic nitrogens is 4. The van der Waals surface area contributed by atoms with Crippen molar-refractivity contribution in [3.05, 3.63) is 61.3 Å². The van der Waals surface area contributed by atoms with Crippen molar-refractivity contribution in [3.63, 3.8) is 0 Å². The first kappa shape index (κ1) is 24.0. The van der Waals surface area contributed by atoms with Crippen LogP contribution in [-0.4, -0.2) is 54.7 Å². The molecule has 15 heteroatoms. The van der Waals surface area contributed by atoms with Crippen LogP contribution in [0.4, 0.5) is 11.4 Å². The first-order valence-electron chi connectivity index (χ1n) is 9.91. The van der Waals surface area contributed by atoms with Crippen LogP contribution in [0.2, 0.25) is 0 Å². The third-order valence-corrected chi connectivity index (χ3v) is 4.92. The van der Waals surface area contributed by atoms with Gasteiger partial charge in [0.15, 0.2) is 0 Å². The molecular formula is C19H20N8O7. The summed E-state index contributed by atoms with van der Waals surface area (Å²) in [6, 6.07) is 4.39. The van der Waals surface area contributed by atoms with Crippen LogP contribution in [0.3, 0.4) is 0 Å². The minimum Gasteiger partial charge on any atom is -0.353 e. The van der Waals surface area contributed by atoms with Crippen LogP contribution in [0.25, 0.3) is 11.4 Å². The third-order valence-electron chi connectivity index (χ3n) is 4.92. The average Bonchev–Trinajstić information content (AvgIpc) is 3.36. The van der Waals surface area contributed by atoms with Crippen LogP contribution in [0.5, 0.6) is 0 Å². The monoisotopic (exact) mass is 472 g/mol. The fraction of sp³-hybridized carbons (Fsp3) is 0.316. The van der Waals surface area contributed by atoms with E-state index in [1.54, 1.807) is 6.07 Å². The maximum absolute atomic E-state index is 12.2. The highest BCUT2D eigenvalue weighted by Gasteiger charge is 2.23. The number of carbonyl (C=O) groups is 2. The highest BCUT2D eigenvalue weighted by Crippen LogP contribution is 2.27. The van der Waals surface area contributed by atoms with Crippen molar-refractivity contribution in [2.75, 3.05) is 13.1 Å². The van der Waals surface area contributed by atoms with Crippen LogP contribution >= 0.6 is 0 Å². The molecule has 0 unspecified atom stereocenters. The largest absolute Gasteiger partial charge is 0.353 e. The number of hydrogen-bond acceptors (Lipinski definition) is 10. The molecule has 0 fully saturated rings. The smallest absolute Gasteiger partial charge is 0.316 e. The standard InChI is InChI=1S/C19H20N8O7/c1-10-13(5-4-6-14(10)26(30)31)17-22-19(34-24-17)18(29)21-8-7-20-15(28)9-25-12(3)16(27(32)33)11(2)23-25/h4-6H,7-9H2,1-3H3,(H,20,28)(H,21,29). The van der Waals surface area contributed by atoms with Gasteiger partial charge in [-0.15, -0.1) is 0 Å². The van der Waals surface area contributed by atoms with Gasteiger partial charge in [-0.1, -0.05) is 17.3 Å². The van der Waals surface area contributed by atoms with E-state index in [-0.39, 0.29) is 54.1 Å². The normalized spacial score (nSPS) is 10.7. The van der Waals surface area contributed by atoms with Gasteiger partial charge in [-0.2, -0.15) is 10.1 Å². The number of aryl methyl sites for hydroxylation is 1. The van der Waals surface area contributed by atoms with Gasteiger partial charge < -0.3 is 15.2 Å². The Hall–Kier alpha value is -4.69. The molecule has 3 rings (SSSR count). The Kier molecular flexibility index (Phi) is 6.94. The van der Waals surface area contributed by atoms with Crippen molar-refractivity contribution >= 4 is 23.2 Å². The molecule has 0 aliphatic heterocycles. The first-order chi connectivity index (χ1) is 16.1. The van der Waals surface area contributed by atoms with Gasteiger partial charge >= 0.3 is 17.5 Å². The molecule has 0 radical (unpaired) electrons. The number of nitrogens with zero attached hydrogens (tertiary/aromatic N) is 6. The SMILES string of the molecule is Cc1nn(CC(=O)NCCNC(=O)c2nc(-c3cccc([N+](=O)[O-])c3C)no2)c(C)c1[N+](=O)[O-]. The van der Waals surface area contributed by atoms with E-state index in [2.05, 4.69) is 25.9 Å². The molecule has 1 aromatic carbocycles. The number of benzene rings is 1. The van der Waals surface area contributed by atoms with Gasteiger partial charge in [0.25, 0.3) is 5.69 Å². The summed E-state index contributed by atoms with van der Waals surface area (Å²) in [4.78, 5) is 49.4. The molecule has 3 aromatic rings. The summed E-state index contributed by atoms with van der Waals surface area (Å²) in [5.41, 5.74) is 0.905. The number of carbonyl (C=O) groups excluding carboxylic acids is 2. The fourth-order valence-corrected chi connectivity index (χ4v) is 3.24. The van der Waals surface area contributed by atoms with E-state index in [1.165, 1.54) is 37.6 Å². The Labute approximate surface area is 191 Å². The minimum atomic E-state index is -0.690. The second-order valence-corrected chi connectivity index (χ2v) is 7.17. The predicted octanol–water partition coefficient (Wildman–Crippen LogP) is 1.22. The van der Waals surface area contributed by atoms with Gasteiger partial charge in [0.1, 0.15) is 17.9 Å². The molecular weight excluding hydrogens is 452 g/mol. The Morgan fingerprint density at radius 2 is 1.79 bits per heavy atom. The van der Waals surface area contributed by atoms with Crippen molar-refractivity contribution in [1.82, 2.24) is 30.6 Å². The minimum absolute atomic E-state index is 0.0265. The zero-order valence-electron chi connectivity index (χ0n) is 18.4. The maximum atomic E-state index is 12.2. The van der Waals surface area contributed by atoms with Crippen LogP contribution in [0.15, 0.2) is 22.7 Å². The Morgan fingerprint density at radius 1 is 1.09 bits per heavy atom. The van der Waals surface area contributed by atoms with Gasteiger partial charge in [0.2, 0.25) is 11.7 Å². The molecule has 0 saturated heterocycles. The lowest BCUT2D eigenvalue weighted by Crippen LogP contribution is -2.36. The average molecular weight is 472 g/mol. The van der Waals surface area contributed by atoms with Gasteiger partial charge in [-0.25, -0.2) is 0 Å². The quantitative estimate of drug-likeness (QED) is 0.259. The predicted molar refractivity (Wildman–Crippen MR) is 115 cm³/mol. The van der Waals surface area contributed by atoms with Crippen molar-refractivity contribution < 1.29 is 24.0 Å². The molecule has 15 nitrogen and oxygen atoms in total. The third kappa shape index (κ3) is 5.03. The van der Waals surface area contributed by atoms with Crippen molar-refractivity contribution in [2.24, 2.45) is 0 Å². The highest BCUT2D eigenvalue weighted by atomic mass is 16.6. The summed E-state index contributed by atoms with van der Waals surface area (Å²) in [7, 11) is 0. The van der Waals surface area contributed by atoms with E-state index in [0.717, 1.165) is 0 Å². The summed E-state index contributed by atoms with van der Waals surface area (Å²) < 4.78 is 6.18. The van der Waals surface area contributed by atoms with Crippen LogP contribution in [0, 0.1) is 41.0 Å². The molecule has 0 aliphatic carbocycles. The fourth-order valence-electron chi connectivity index (χ4n) is 3.24.